The maximum absolute atomic E-state index is 12.4. The number of H-pyrrole nitrogens is 1. The molecule has 0 saturated carbocycles. The highest BCUT2D eigenvalue weighted by Crippen LogP contribution is 2.34. The molecule has 2 aromatic rings. The molecule has 3 N–H and O–H groups in total. The highest BCUT2D eigenvalue weighted by Gasteiger charge is 2.26. The predicted octanol–water partition coefficient (Wildman–Crippen LogP) is 3.01. The zero-order valence-electron chi connectivity index (χ0n) is 15.1. The molecular formula is C20H20N2O5. The number of hydrogen-bond acceptors (Lipinski definition) is 4. The monoisotopic (exact) mass is 368 g/mol. The van der Waals surface area contributed by atoms with E-state index in [0.29, 0.717) is 22.4 Å². The number of carboxylic acid groups (broad SMARTS) is 1. The topological polar surface area (TPSA) is 108 Å². The summed E-state index contributed by atoms with van der Waals surface area (Å²) in [5.41, 5.74) is 4.07. The molecule has 0 radical (unpaired) electrons. The van der Waals surface area contributed by atoms with Gasteiger partial charge in [0, 0.05) is 23.4 Å². The van der Waals surface area contributed by atoms with E-state index < -0.39 is 11.9 Å². The van der Waals surface area contributed by atoms with Crippen LogP contribution in [0.5, 0.6) is 0 Å². The summed E-state index contributed by atoms with van der Waals surface area (Å²) in [7, 11) is 0. The lowest BCUT2D eigenvalue weighted by molar-refractivity contribution is -0.137. The van der Waals surface area contributed by atoms with Gasteiger partial charge in [-0.1, -0.05) is 18.2 Å². The van der Waals surface area contributed by atoms with Gasteiger partial charge >= 0.3 is 11.9 Å². The third-order valence-corrected chi connectivity index (χ3v) is 4.48. The van der Waals surface area contributed by atoms with Crippen LogP contribution in [0.1, 0.15) is 46.2 Å². The number of aromatic amines is 1. The maximum atomic E-state index is 12.4. The zero-order valence-corrected chi connectivity index (χ0v) is 15.1. The van der Waals surface area contributed by atoms with E-state index in [1.165, 1.54) is 0 Å². The van der Waals surface area contributed by atoms with Gasteiger partial charge < -0.3 is 20.1 Å². The number of ether oxygens (including phenoxy) is 1. The van der Waals surface area contributed by atoms with E-state index in [-0.39, 0.29) is 31.0 Å². The summed E-state index contributed by atoms with van der Waals surface area (Å²) in [6, 6.07) is 7.31. The average Bonchev–Trinajstić information content (AvgIpc) is 3.11. The van der Waals surface area contributed by atoms with Gasteiger partial charge in [0.25, 0.3) is 5.91 Å². The molecule has 27 heavy (non-hydrogen) atoms. The lowest BCUT2D eigenvalue weighted by atomic mass is 10.0. The van der Waals surface area contributed by atoms with Crippen LogP contribution in [0, 0.1) is 6.92 Å². The molecule has 140 valence electrons. The van der Waals surface area contributed by atoms with Crippen LogP contribution in [0.25, 0.3) is 11.6 Å². The predicted molar refractivity (Wildman–Crippen MR) is 100 cm³/mol. The van der Waals surface area contributed by atoms with Gasteiger partial charge in [-0.25, -0.2) is 4.79 Å². The Bertz CT molecular complexity index is 955. The fraction of sp³-hybridized carbons (Fsp3) is 0.250. The number of anilines is 1. The summed E-state index contributed by atoms with van der Waals surface area (Å²) in [6.07, 6.45) is 1.81. The van der Waals surface area contributed by atoms with Crippen LogP contribution in [-0.4, -0.2) is 34.5 Å². The maximum Gasteiger partial charge on any atom is 0.355 e. The Morgan fingerprint density at radius 3 is 2.70 bits per heavy atom. The van der Waals surface area contributed by atoms with E-state index in [2.05, 4.69) is 10.3 Å². The molecule has 0 unspecified atom stereocenters. The summed E-state index contributed by atoms with van der Waals surface area (Å²) < 4.78 is 5.06. The smallest absolute Gasteiger partial charge is 0.355 e. The minimum Gasteiger partial charge on any atom is -0.481 e. The van der Waals surface area contributed by atoms with Crippen LogP contribution in [0.2, 0.25) is 0 Å². The number of para-hydroxylation sites is 1. The van der Waals surface area contributed by atoms with Gasteiger partial charge in [0.15, 0.2) is 0 Å². The van der Waals surface area contributed by atoms with Gasteiger partial charge in [-0.15, -0.1) is 0 Å². The summed E-state index contributed by atoms with van der Waals surface area (Å²) in [4.78, 5) is 38.6. The molecule has 1 aromatic heterocycles. The van der Waals surface area contributed by atoms with Crippen molar-refractivity contribution in [2.45, 2.75) is 26.7 Å². The number of esters is 1. The molecule has 1 aliphatic heterocycles. The van der Waals surface area contributed by atoms with Crippen molar-refractivity contribution in [1.82, 2.24) is 4.98 Å². The fourth-order valence-corrected chi connectivity index (χ4v) is 3.17. The summed E-state index contributed by atoms with van der Waals surface area (Å²) >= 11 is 0. The Kier molecular flexibility index (Phi) is 5.12. The van der Waals surface area contributed by atoms with Gasteiger partial charge in [0.2, 0.25) is 0 Å². The number of benzene rings is 1. The average molecular weight is 368 g/mol. The number of aromatic nitrogens is 1. The van der Waals surface area contributed by atoms with Crippen molar-refractivity contribution in [3.8, 4) is 0 Å². The molecule has 2 heterocycles. The van der Waals surface area contributed by atoms with Crippen LogP contribution in [0.4, 0.5) is 5.69 Å². The summed E-state index contributed by atoms with van der Waals surface area (Å²) in [5, 5.41) is 11.8. The Balaban J connectivity index is 2.08. The molecule has 0 fully saturated rings. The molecule has 0 bridgehead atoms. The molecule has 7 heteroatoms. The molecule has 1 aromatic carbocycles. The van der Waals surface area contributed by atoms with Crippen LogP contribution in [0.15, 0.2) is 24.3 Å². The number of carbonyl (C=O) groups is 3. The van der Waals surface area contributed by atoms with Crippen molar-refractivity contribution >= 4 is 35.2 Å². The van der Waals surface area contributed by atoms with E-state index in [4.69, 9.17) is 9.84 Å². The number of carboxylic acids is 1. The number of hydrogen-bond donors (Lipinski definition) is 3. The molecule has 0 saturated heterocycles. The third kappa shape index (κ3) is 3.62. The highest BCUT2D eigenvalue weighted by atomic mass is 16.5. The second kappa shape index (κ2) is 7.49. The van der Waals surface area contributed by atoms with Gasteiger partial charge in [0.1, 0.15) is 5.69 Å². The van der Waals surface area contributed by atoms with E-state index in [0.717, 1.165) is 11.3 Å². The third-order valence-electron chi connectivity index (χ3n) is 4.48. The number of nitrogens with one attached hydrogen (secondary N) is 2. The van der Waals surface area contributed by atoms with Crippen LogP contribution in [-0.2, 0) is 20.7 Å². The van der Waals surface area contributed by atoms with E-state index in [9.17, 15) is 14.4 Å². The minimum absolute atomic E-state index is 0.0834. The van der Waals surface area contributed by atoms with Gasteiger partial charge in [-0.05, 0) is 43.5 Å². The van der Waals surface area contributed by atoms with Crippen molar-refractivity contribution in [2.24, 2.45) is 0 Å². The number of amides is 1. The second-order valence-electron chi connectivity index (χ2n) is 6.19. The van der Waals surface area contributed by atoms with E-state index >= 15 is 0 Å². The first-order chi connectivity index (χ1) is 12.9. The number of aliphatic carboxylic acids is 1. The summed E-state index contributed by atoms with van der Waals surface area (Å²) in [6.45, 7) is 3.68. The van der Waals surface area contributed by atoms with Crippen LogP contribution in [0.3, 0.4) is 0 Å². The standard InChI is InChI=1S/C20H20N2O5/c1-3-27-20(26)18-11(2)12(8-9-17(23)24)16(21-18)10-14-13-6-4-5-7-15(13)22-19(14)25/h4-7,10,21H,3,8-9H2,1-2H3,(H,22,25)(H,23,24). The lowest BCUT2D eigenvalue weighted by Crippen LogP contribution is -2.07. The Hall–Kier alpha value is -3.35. The highest BCUT2D eigenvalue weighted by molar-refractivity contribution is 6.34. The molecule has 1 amide bonds. The Morgan fingerprint density at radius 2 is 2.00 bits per heavy atom. The lowest BCUT2D eigenvalue weighted by Gasteiger charge is -2.02. The zero-order chi connectivity index (χ0) is 19.6. The largest absolute Gasteiger partial charge is 0.481 e. The van der Waals surface area contributed by atoms with Gasteiger partial charge in [-0.3, -0.25) is 9.59 Å². The molecular weight excluding hydrogens is 348 g/mol. The van der Waals surface area contributed by atoms with E-state index in [1.54, 1.807) is 19.9 Å². The minimum atomic E-state index is -0.934. The first kappa shape index (κ1) is 18.4. The van der Waals surface area contributed by atoms with Crippen LogP contribution >= 0.6 is 0 Å². The number of fused-ring (bicyclic) bond motifs is 1. The molecule has 0 aliphatic carbocycles. The number of rotatable bonds is 6. The van der Waals surface area contributed by atoms with Gasteiger partial charge in [-0.2, -0.15) is 0 Å². The van der Waals surface area contributed by atoms with Crippen molar-refractivity contribution in [1.29, 1.82) is 0 Å². The number of carbonyl (C=O) groups excluding carboxylic acids is 2. The normalized spacial score (nSPS) is 14.1. The van der Waals surface area contributed by atoms with Gasteiger partial charge in [0.05, 0.1) is 12.2 Å². The fourth-order valence-electron chi connectivity index (χ4n) is 3.17. The first-order valence-electron chi connectivity index (χ1n) is 8.65. The second-order valence-corrected chi connectivity index (χ2v) is 6.19. The van der Waals surface area contributed by atoms with Crippen molar-refractivity contribution in [3.05, 3.63) is 52.3 Å². The Morgan fingerprint density at radius 1 is 1.26 bits per heavy atom. The quantitative estimate of drug-likeness (QED) is 0.536. The van der Waals surface area contributed by atoms with Crippen LogP contribution < -0.4 is 5.32 Å². The molecule has 3 rings (SSSR count). The molecule has 0 atom stereocenters. The Labute approximate surface area is 156 Å². The SMILES string of the molecule is CCOC(=O)c1[nH]c(C=C2C(=O)Nc3ccccc32)c(CCC(=O)O)c1C. The van der Waals surface area contributed by atoms with Crippen molar-refractivity contribution in [3.63, 3.8) is 0 Å². The van der Waals surface area contributed by atoms with Crippen molar-refractivity contribution < 1.29 is 24.2 Å². The molecule has 0 spiro atoms. The summed E-state index contributed by atoms with van der Waals surface area (Å²) in [5.74, 6) is -1.69. The molecule has 1 aliphatic rings. The van der Waals surface area contributed by atoms with Crippen molar-refractivity contribution in [2.75, 3.05) is 11.9 Å². The molecule has 7 nitrogen and oxygen atoms in total. The van der Waals surface area contributed by atoms with E-state index in [1.807, 2.05) is 24.3 Å². The first-order valence-corrected chi connectivity index (χ1v) is 8.65.